The smallest absolute Gasteiger partial charge is 0.111 e. The molecule has 0 radical (unpaired) electrons. The van der Waals surface area contributed by atoms with Gasteiger partial charge in [-0.1, -0.05) is 245 Å². The van der Waals surface area contributed by atoms with Crippen LogP contribution >= 0.6 is 0 Å². The van der Waals surface area contributed by atoms with E-state index in [0.717, 1.165) is 0 Å². The summed E-state index contributed by atoms with van der Waals surface area (Å²) in [5.74, 6) is 2.07. The Bertz CT molecular complexity index is 753. The van der Waals surface area contributed by atoms with Crippen LogP contribution in [0.15, 0.2) is 12.4 Å². The van der Waals surface area contributed by atoms with Crippen LogP contribution in [-0.2, 0) is 0 Å². The van der Waals surface area contributed by atoms with Crippen molar-refractivity contribution in [1.82, 2.24) is 9.55 Å². The first-order valence-electron chi connectivity index (χ1n) is 23.3. The van der Waals surface area contributed by atoms with Crippen LogP contribution in [0.1, 0.15) is 289 Å². The van der Waals surface area contributed by atoms with E-state index < -0.39 is 0 Å². The first-order chi connectivity index (χ1) is 24.2. The second-order valence-corrected chi connectivity index (χ2v) is 16.4. The molecule has 0 bridgehead atoms. The van der Waals surface area contributed by atoms with Crippen LogP contribution in [0.5, 0.6) is 0 Å². The lowest BCUT2D eigenvalue weighted by atomic mass is 9.92. The van der Waals surface area contributed by atoms with Gasteiger partial charge in [-0.15, -0.1) is 0 Å². The van der Waals surface area contributed by atoms with E-state index in [1.807, 2.05) is 0 Å². The second kappa shape index (κ2) is 37.0. The Morgan fingerprint density at radius 1 is 0.388 bits per heavy atom. The monoisotopic (exact) mass is 685 g/mol. The van der Waals surface area contributed by atoms with Crippen LogP contribution in [0.4, 0.5) is 0 Å². The summed E-state index contributed by atoms with van der Waals surface area (Å²) in [6, 6.07) is 0.586. The van der Waals surface area contributed by atoms with Crippen LogP contribution in [0.2, 0.25) is 0 Å². The number of rotatable bonds is 40. The van der Waals surface area contributed by atoms with Crippen molar-refractivity contribution in [1.29, 1.82) is 0 Å². The van der Waals surface area contributed by atoms with Crippen molar-refractivity contribution in [3.05, 3.63) is 18.2 Å². The van der Waals surface area contributed by atoms with E-state index >= 15 is 0 Å². The van der Waals surface area contributed by atoms with Gasteiger partial charge in [0.25, 0.3) is 0 Å². The summed E-state index contributed by atoms with van der Waals surface area (Å²) in [7, 11) is 0. The fraction of sp³-hybridized carbons (Fsp3) is 0.936. The van der Waals surface area contributed by atoms with E-state index in [4.69, 9.17) is 4.98 Å². The maximum Gasteiger partial charge on any atom is 0.111 e. The molecule has 1 heterocycles. The van der Waals surface area contributed by atoms with Gasteiger partial charge in [-0.3, -0.25) is 0 Å². The molecule has 0 saturated carbocycles. The van der Waals surface area contributed by atoms with E-state index in [2.05, 4.69) is 44.7 Å². The Morgan fingerprint density at radius 3 is 0.959 bits per heavy atom. The predicted molar refractivity (Wildman–Crippen MR) is 222 cm³/mol. The van der Waals surface area contributed by atoms with Crippen molar-refractivity contribution >= 4 is 0 Å². The van der Waals surface area contributed by atoms with Crippen molar-refractivity contribution < 1.29 is 0 Å². The van der Waals surface area contributed by atoms with Crippen molar-refractivity contribution in [2.24, 2.45) is 0 Å². The van der Waals surface area contributed by atoms with Gasteiger partial charge in [-0.25, -0.2) is 4.98 Å². The van der Waals surface area contributed by atoms with E-state index in [9.17, 15) is 0 Å². The van der Waals surface area contributed by atoms with Crippen LogP contribution in [0.3, 0.4) is 0 Å². The highest BCUT2D eigenvalue weighted by Gasteiger charge is 2.19. The predicted octanol–water partition coefficient (Wildman–Crippen LogP) is 17.4. The fourth-order valence-corrected chi connectivity index (χ4v) is 8.12. The first-order valence-corrected chi connectivity index (χ1v) is 23.3. The largest absolute Gasteiger partial charge is 0.332 e. The molecule has 0 aromatic carbocycles. The molecule has 2 heteroatoms. The number of imidazole rings is 1. The normalized spacial score (nSPS) is 13.0. The van der Waals surface area contributed by atoms with Crippen LogP contribution in [-0.4, -0.2) is 9.55 Å². The van der Waals surface area contributed by atoms with Crippen LogP contribution < -0.4 is 0 Å². The average molecular weight is 685 g/mol. The number of hydrogen-bond acceptors (Lipinski definition) is 1. The molecule has 2 nitrogen and oxygen atoms in total. The quantitative estimate of drug-likeness (QED) is 0.0629. The topological polar surface area (TPSA) is 17.8 Å². The molecule has 0 saturated heterocycles. The average Bonchev–Trinajstić information content (AvgIpc) is 3.60. The molecular formula is C47H92N2. The highest BCUT2D eigenvalue weighted by Crippen LogP contribution is 2.31. The van der Waals surface area contributed by atoms with Crippen LogP contribution in [0.25, 0.3) is 0 Å². The lowest BCUT2D eigenvalue weighted by Gasteiger charge is -2.22. The molecule has 1 rings (SSSR count). The highest BCUT2D eigenvalue weighted by atomic mass is 15.1. The van der Waals surface area contributed by atoms with Gasteiger partial charge in [0.15, 0.2) is 0 Å². The Hall–Kier alpha value is -0.790. The zero-order valence-electron chi connectivity index (χ0n) is 34.6. The summed E-state index contributed by atoms with van der Waals surface area (Å²) in [6.07, 6.45) is 58.6. The van der Waals surface area contributed by atoms with Gasteiger partial charge in [0.05, 0.1) is 0 Å². The summed E-state index contributed by atoms with van der Waals surface area (Å²) in [5.41, 5.74) is 0. The van der Waals surface area contributed by atoms with E-state index in [1.54, 1.807) is 0 Å². The molecule has 290 valence electrons. The molecular weight excluding hydrogens is 593 g/mol. The van der Waals surface area contributed by atoms with Crippen molar-refractivity contribution in [2.75, 3.05) is 0 Å². The minimum absolute atomic E-state index is 0.586. The van der Waals surface area contributed by atoms with Crippen molar-refractivity contribution in [2.45, 2.75) is 284 Å². The molecule has 0 aliphatic heterocycles. The fourth-order valence-electron chi connectivity index (χ4n) is 8.12. The van der Waals surface area contributed by atoms with Gasteiger partial charge in [0, 0.05) is 24.4 Å². The molecule has 0 N–H and O–H groups in total. The minimum atomic E-state index is 0.586. The second-order valence-electron chi connectivity index (χ2n) is 16.4. The van der Waals surface area contributed by atoms with Gasteiger partial charge >= 0.3 is 0 Å². The van der Waals surface area contributed by atoms with Gasteiger partial charge < -0.3 is 4.57 Å². The number of nitrogens with zero attached hydrogens (tertiary/aromatic N) is 2. The molecule has 2 atom stereocenters. The van der Waals surface area contributed by atoms with E-state index in [-0.39, 0.29) is 0 Å². The van der Waals surface area contributed by atoms with Crippen molar-refractivity contribution in [3.8, 4) is 0 Å². The number of aromatic nitrogens is 2. The third-order valence-electron chi connectivity index (χ3n) is 11.6. The Balaban J connectivity index is 2.34. The van der Waals surface area contributed by atoms with Gasteiger partial charge in [0.1, 0.15) is 5.82 Å². The maximum atomic E-state index is 5.05. The van der Waals surface area contributed by atoms with E-state index in [1.165, 1.54) is 250 Å². The Labute approximate surface area is 310 Å². The summed E-state index contributed by atoms with van der Waals surface area (Å²) >= 11 is 0. The molecule has 0 amide bonds. The summed E-state index contributed by atoms with van der Waals surface area (Å²) in [4.78, 5) is 5.05. The minimum Gasteiger partial charge on any atom is -0.332 e. The van der Waals surface area contributed by atoms with Crippen LogP contribution in [0, 0.1) is 0 Å². The lowest BCUT2D eigenvalue weighted by Crippen LogP contribution is -2.13. The molecule has 0 spiro atoms. The zero-order chi connectivity index (χ0) is 35.3. The molecule has 0 aliphatic rings. The summed E-state index contributed by atoms with van der Waals surface area (Å²) in [6.45, 7) is 9.40. The Morgan fingerprint density at radius 2 is 0.653 bits per heavy atom. The molecule has 1 aromatic rings. The highest BCUT2D eigenvalue weighted by molar-refractivity contribution is 5.02. The lowest BCUT2D eigenvalue weighted by molar-refractivity contribution is 0.412. The van der Waals surface area contributed by atoms with Gasteiger partial charge in [-0.2, -0.15) is 0 Å². The molecule has 49 heavy (non-hydrogen) atoms. The van der Waals surface area contributed by atoms with Crippen molar-refractivity contribution in [3.63, 3.8) is 0 Å². The Kier molecular flexibility index (Phi) is 34.9. The number of hydrogen-bond donors (Lipinski definition) is 0. The van der Waals surface area contributed by atoms with Gasteiger partial charge in [-0.05, 0) is 26.2 Å². The summed E-state index contributed by atoms with van der Waals surface area (Å²) in [5, 5.41) is 0. The molecule has 0 fully saturated rings. The SMILES string of the molecule is CCCCCCCCCCCCCCCCCCC(CCCCCCCCCCCCCC)c1nccn1C(C)CCCCCCCCC. The van der Waals surface area contributed by atoms with Gasteiger partial charge in [0.2, 0.25) is 0 Å². The standard InChI is InChI=1S/C47H92N2/c1-5-8-11-14-17-19-21-23-24-25-26-28-30-33-36-39-42-46(41-38-35-32-29-27-22-20-18-15-12-9-6-2)47-48-43-44-49(47)45(4)40-37-34-31-16-13-10-7-3/h43-46H,5-42H2,1-4H3. The first kappa shape index (κ1) is 46.2. The molecule has 2 unspecified atom stereocenters. The zero-order valence-corrected chi connectivity index (χ0v) is 34.6. The summed E-state index contributed by atoms with van der Waals surface area (Å²) < 4.78 is 2.59. The molecule has 1 aromatic heterocycles. The molecule has 0 aliphatic carbocycles. The maximum absolute atomic E-state index is 5.05. The third kappa shape index (κ3) is 28.5. The number of unbranched alkanes of at least 4 members (excludes halogenated alkanes) is 32. The van der Waals surface area contributed by atoms with E-state index in [0.29, 0.717) is 12.0 Å². The third-order valence-corrected chi connectivity index (χ3v) is 11.6.